The topological polar surface area (TPSA) is 21.3 Å². The average molecular weight is 271 g/mol. The van der Waals surface area contributed by atoms with Gasteiger partial charge in [-0.15, -0.1) is 0 Å². The fourth-order valence-electron chi connectivity index (χ4n) is 3.75. The summed E-state index contributed by atoms with van der Waals surface area (Å²) in [7, 11) is 0. The van der Waals surface area contributed by atoms with Crippen LogP contribution in [0.25, 0.3) is 0 Å². The van der Waals surface area contributed by atoms with Gasteiger partial charge in [0.15, 0.2) is 0 Å². The Kier molecular flexibility index (Phi) is 5.40. The van der Waals surface area contributed by atoms with Crippen LogP contribution in [0.1, 0.15) is 52.4 Å². The summed E-state index contributed by atoms with van der Waals surface area (Å²) in [6.45, 7) is 6.50. The number of hydrogen-bond acceptors (Lipinski definition) is 3. The largest absolute Gasteiger partial charge is 0.378 e. The summed E-state index contributed by atoms with van der Waals surface area (Å²) in [6.07, 6.45) is 10.8. The number of thioether (sulfide) groups is 1. The second kappa shape index (κ2) is 6.62. The number of nitrogens with one attached hydrogen (secondary N) is 1. The zero-order valence-electron chi connectivity index (χ0n) is 12.2. The van der Waals surface area contributed by atoms with Crippen molar-refractivity contribution in [3.05, 3.63) is 0 Å². The molecule has 0 bridgehead atoms. The van der Waals surface area contributed by atoms with Gasteiger partial charge in [-0.2, -0.15) is 11.8 Å². The first-order chi connectivity index (χ1) is 8.73. The summed E-state index contributed by atoms with van der Waals surface area (Å²) < 4.78 is 5.95. The van der Waals surface area contributed by atoms with Crippen molar-refractivity contribution in [1.82, 2.24) is 5.32 Å². The van der Waals surface area contributed by atoms with E-state index in [-0.39, 0.29) is 0 Å². The number of hydrogen-bond donors (Lipinski definition) is 1. The Bertz CT molecular complexity index is 253. The van der Waals surface area contributed by atoms with Crippen LogP contribution in [0.2, 0.25) is 0 Å². The van der Waals surface area contributed by atoms with Crippen molar-refractivity contribution in [2.75, 3.05) is 19.4 Å². The molecule has 3 unspecified atom stereocenters. The number of ether oxygens (including phenoxy) is 1. The average Bonchev–Trinajstić information content (AvgIpc) is 2.88. The Balaban J connectivity index is 1.79. The van der Waals surface area contributed by atoms with E-state index in [1.807, 2.05) is 11.8 Å². The molecule has 0 aliphatic heterocycles. The highest BCUT2D eigenvalue weighted by Gasteiger charge is 2.56. The van der Waals surface area contributed by atoms with E-state index in [1.165, 1.54) is 45.1 Å². The van der Waals surface area contributed by atoms with Gasteiger partial charge in [-0.1, -0.05) is 19.8 Å². The molecule has 0 saturated heterocycles. The molecule has 2 aliphatic rings. The van der Waals surface area contributed by atoms with E-state index in [1.54, 1.807) is 0 Å². The van der Waals surface area contributed by atoms with Gasteiger partial charge < -0.3 is 10.1 Å². The molecule has 2 saturated carbocycles. The van der Waals surface area contributed by atoms with E-state index in [4.69, 9.17) is 4.74 Å². The van der Waals surface area contributed by atoms with Gasteiger partial charge in [-0.05, 0) is 45.4 Å². The van der Waals surface area contributed by atoms with Crippen molar-refractivity contribution in [2.45, 2.75) is 69.8 Å². The van der Waals surface area contributed by atoms with Crippen molar-refractivity contribution >= 4 is 11.8 Å². The van der Waals surface area contributed by atoms with Gasteiger partial charge >= 0.3 is 0 Å². The van der Waals surface area contributed by atoms with Crippen LogP contribution in [0.15, 0.2) is 0 Å². The standard InChI is InChI=1S/C15H29NOS/c1-4-17-14-11-13(15(14)8-5-6-9-15)16-10-7-12(2)18-3/h12-14,16H,4-11H2,1-3H3. The highest BCUT2D eigenvalue weighted by Crippen LogP contribution is 2.54. The molecule has 0 aromatic heterocycles. The lowest BCUT2D eigenvalue weighted by molar-refractivity contribution is -0.130. The normalized spacial score (nSPS) is 31.5. The summed E-state index contributed by atoms with van der Waals surface area (Å²) in [5.41, 5.74) is 0.499. The van der Waals surface area contributed by atoms with Crippen LogP contribution in [0.4, 0.5) is 0 Å². The van der Waals surface area contributed by atoms with Crippen molar-refractivity contribution in [3.63, 3.8) is 0 Å². The third-order valence-corrected chi connectivity index (χ3v) is 6.07. The summed E-state index contributed by atoms with van der Waals surface area (Å²) in [5.74, 6) is 0. The maximum absolute atomic E-state index is 5.95. The van der Waals surface area contributed by atoms with E-state index >= 15 is 0 Å². The molecule has 1 N–H and O–H groups in total. The zero-order chi connectivity index (χ0) is 13.0. The molecule has 0 heterocycles. The van der Waals surface area contributed by atoms with Gasteiger partial charge in [0.05, 0.1) is 6.10 Å². The Morgan fingerprint density at radius 1 is 1.39 bits per heavy atom. The minimum absolute atomic E-state index is 0.499. The van der Waals surface area contributed by atoms with Crippen LogP contribution >= 0.6 is 11.8 Å². The van der Waals surface area contributed by atoms with Crippen molar-refractivity contribution in [3.8, 4) is 0 Å². The minimum Gasteiger partial charge on any atom is -0.378 e. The monoisotopic (exact) mass is 271 g/mol. The molecule has 3 heteroatoms. The lowest BCUT2D eigenvalue weighted by Crippen LogP contribution is -2.62. The lowest BCUT2D eigenvalue weighted by atomic mass is 9.60. The summed E-state index contributed by atoms with van der Waals surface area (Å²) >= 11 is 1.97. The lowest BCUT2D eigenvalue weighted by Gasteiger charge is -2.54. The van der Waals surface area contributed by atoms with Crippen molar-refractivity contribution in [2.24, 2.45) is 5.41 Å². The third-order valence-electron chi connectivity index (χ3n) is 5.03. The van der Waals surface area contributed by atoms with Gasteiger partial charge in [-0.3, -0.25) is 0 Å². The smallest absolute Gasteiger partial charge is 0.0661 e. The first-order valence-corrected chi connectivity index (χ1v) is 8.89. The summed E-state index contributed by atoms with van der Waals surface area (Å²) in [4.78, 5) is 0. The Morgan fingerprint density at radius 3 is 2.72 bits per heavy atom. The third kappa shape index (κ3) is 2.88. The van der Waals surface area contributed by atoms with Gasteiger partial charge in [0, 0.05) is 23.3 Å². The SMILES string of the molecule is CCOC1CC(NCCC(C)SC)C12CCCC2. The van der Waals surface area contributed by atoms with Gasteiger partial charge in [0.1, 0.15) is 0 Å². The van der Waals surface area contributed by atoms with Crippen molar-refractivity contribution < 1.29 is 4.74 Å². The molecular formula is C15H29NOS. The quantitative estimate of drug-likeness (QED) is 0.766. The van der Waals surface area contributed by atoms with Crippen molar-refractivity contribution in [1.29, 1.82) is 0 Å². The minimum atomic E-state index is 0.499. The highest BCUT2D eigenvalue weighted by molar-refractivity contribution is 7.99. The highest BCUT2D eigenvalue weighted by atomic mass is 32.2. The molecule has 2 nitrogen and oxygen atoms in total. The van der Waals surface area contributed by atoms with Crippen LogP contribution in [0, 0.1) is 5.41 Å². The van der Waals surface area contributed by atoms with Crippen LogP contribution in [0.5, 0.6) is 0 Å². The predicted molar refractivity (Wildman–Crippen MR) is 80.3 cm³/mol. The molecule has 2 fully saturated rings. The van der Waals surface area contributed by atoms with E-state index in [2.05, 4.69) is 25.4 Å². The van der Waals surface area contributed by atoms with Gasteiger partial charge in [0.25, 0.3) is 0 Å². The molecular weight excluding hydrogens is 242 g/mol. The maximum atomic E-state index is 5.95. The Labute approximate surface area is 117 Å². The molecule has 3 atom stereocenters. The van der Waals surface area contributed by atoms with E-state index < -0.39 is 0 Å². The molecule has 18 heavy (non-hydrogen) atoms. The molecule has 2 rings (SSSR count). The molecule has 1 spiro atoms. The predicted octanol–water partition coefficient (Wildman–Crippen LogP) is 3.46. The Hall–Kier alpha value is 0.270. The Morgan fingerprint density at radius 2 is 2.11 bits per heavy atom. The fraction of sp³-hybridized carbons (Fsp3) is 1.00. The first kappa shape index (κ1) is 14.7. The van der Waals surface area contributed by atoms with E-state index in [0.29, 0.717) is 11.5 Å². The van der Waals surface area contributed by atoms with Gasteiger partial charge in [-0.25, -0.2) is 0 Å². The summed E-state index contributed by atoms with van der Waals surface area (Å²) in [6, 6.07) is 0.727. The van der Waals surface area contributed by atoms with Gasteiger partial charge in [0.2, 0.25) is 0 Å². The molecule has 0 amide bonds. The van der Waals surface area contributed by atoms with E-state index in [9.17, 15) is 0 Å². The van der Waals surface area contributed by atoms with Crippen LogP contribution in [-0.2, 0) is 4.74 Å². The van der Waals surface area contributed by atoms with Crippen LogP contribution < -0.4 is 5.32 Å². The van der Waals surface area contributed by atoms with E-state index in [0.717, 1.165) is 17.9 Å². The summed E-state index contributed by atoms with van der Waals surface area (Å²) in [5, 5.41) is 4.59. The van der Waals surface area contributed by atoms with Crippen LogP contribution in [0.3, 0.4) is 0 Å². The zero-order valence-corrected chi connectivity index (χ0v) is 13.0. The maximum Gasteiger partial charge on any atom is 0.0661 e. The fourth-order valence-corrected chi connectivity index (χ4v) is 4.11. The van der Waals surface area contributed by atoms with Crippen LogP contribution in [-0.4, -0.2) is 36.8 Å². The number of rotatable bonds is 7. The first-order valence-electron chi connectivity index (χ1n) is 7.60. The molecule has 0 aromatic carbocycles. The second-order valence-corrected chi connectivity index (χ2v) is 7.24. The second-order valence-electron chi connectivity index (χ2n) is 5.96. The molecule has 106 valence electrons. The molecule has 2 aliphatic carbocycles. The molecule has 0 radical (unpaired) electrons. The molecule has 0 aromatic rings.